The van der Waals surface area contributed by atoms with Crippen molar-refractivity contribution in [3.05, 3.63) is 54.1 Å². The molecule has 0 radical (unpaired) electrons. The van der Waals surface area contributed by atoms with Crippen molar-refractivity contribution in [1.82, 2.24) is 0 Å². The van der Waals surface area contributed by atoms with E-state index in [0.717, 1.165) is 11.1 Å². The normalized spacial score (nSPS) is 10.2. The molecule has 0 aromatic heterocycles. The molecule has 0 atom stereocenters. The summed E-state index contributed by atoms with van der Waals surface area (Å²) in [5.74, 6) is 0. The van der Waals surface area contributed by atoms with Crippen molar-refractivity contribution in [3.63, 3.8) is 0 Å². The quantitative estimate of drug-likeness (QED) is 0.740. The fraction of sp³-hybridized carbons (Fsp3) is 0.0769. The Hall–Kier alpha value is -1.83. The van der Waals surface area contributed by atoms with Crippen LogP contribution in [0.15, 0.2) is 48.5 Å². The maximum absolute atomic E-state index is 12.9. The van der Waals surface area contributed by atoms with E-state index >= 15 is 0 Å². The van der Waals surface area contributed by atoms with Gasteiger partial charge in [0.1, 0.15) is 6.67 Å². The van der Waals surface area contributed by atoms with Gasteiger partial charge in [0.2, 0.25) is 0 Å². The maximum Gasteiger partial charge on any atom is 0.117 e. The van der Waals surface area contributed by atoms with Gasteiger partial charge in [-0.15, -0.1) is 0 Å². The van der Waals surface area contributed by atoms with Gasteiger partial charge in [0.05, 0.1) is 0 Å². The predicted molar refractivity (Wildman–Crippen MR) is 61.1 cm³/mol. The summed E-state index contributed by atoms with van der Waals surface area (Å²) in [5.41, 5.74) is 8.69. The molecule has 0 saturated carbocycles. The second-order valence-corrected chi connectivity index (χ2v) is 3.37. The second kappa shape index (κ2) is 4.13. The van der Waals surface area contributed by atoms with Gasteiger partial charge in [0, 0.05) is 11.3 Å². The summed E-state index contributed by atoms with van der Waals surface area (Å²) in [6, 6.07) is 15.2. The zero-order valence-corrected chi connectivity index (χ0v) is 8.28. The molecule has 2 heteroatoms. The van der Waals surface area contributed by atoms with Crippen LogP contribution in [0.1, 0.15) is 5.56 Å². The molecule has 15 heavy (non-hydrogen) atoms. The van der Waals surface area contributed by atoms with Gasteiger partial charge in [-0.3, -0.25) is 0 Å². The molecule has 0 fully saturated rings. The highest BCUT2D eigenvalue weighted by molar-refractivity contribution is 5.72. The first-order valence-corrected chi connectivity index (χ1v) is 4.81. The summed E-state index contributed by atoms with van der Waals surface area (Å²) in [4.78, 5) is 0. The topological polar surface area (TPSA) is 26.0 Å². The minimum Gasteiger partial charge on any atom is -0.398 e. The molecule has 0 saturated heterocycles. The monoisotopic (exact) mass is 201 g/mol. The fourth-order valence-corrected chi connectivity index (χ4v) is 1.64. The number of alkyl halides is 1. The zero-order chi connectivity index (χ0) is 10.7. The summed E-state index contributed by atoms with van der Waals surface area (Å²) in [6.45, 7) is -0.531. The highest BCUT2D eigenvalue weighted by Crippen LogP contribution is 2.28. The minimum absolute atomic E-state index is 0.513. The zero-order valence-electron chi connectivity index (χ0n) is 8.28. The van der Waals surface area contributed by atoms with Gasteiger partial charge in [-0.25, -0.2) is 4.39 Å². The standard InChI is InChI=1S/C13H12FN/c14-9-12-11(7-4-8-13(12)15)10-5-2-1-3-6-10/h1-8H,9,15H2. The smallest absolute Gasteiger partial charge is 0.117 e. The van der Waals surface area contributed by atoms with Gasteiger partial charge in [-0.2, -0.15) is 0 Å². The molecule has 76 valence electrons. The summed E-state index contributed by atoms with van der Waals surface area (Å²) < 4.78 is 12.9. The van der Waals surface area contributed by atoms with Gasteiger partial charge < -0.3 is 5.73 Å². The van der Waals surface area contributed by atoms with Crippen LogP contribution in [0, 0.1) is 0 Å². The van der Waals surface area contributed by atoms with Gasteiger partial charge in [0.25, 0.3) is 0 Å². The molecule has 0 bridgehead atoms. The predicted octanol–water partition coefficient (Wildman–Crippen LogP) is 3.41. The van der Waals surface area contributed by atoms with Gasteiger partial charge in [-0.1, -0.05) is 42.5 Å². The van der Waals surface area contributed by atoms with Crippen LogP contribution < -0.4 is 5.73 Å². The van der Waals surface area contributed by atoms with Crippen molar-refractivity contribution >= 4 is 5.69 Å². The molecular formula is C13H12FN. The molecule has 0 aliphatic heterocycles. The first-order chi connectivity index (χ1) is 7.33. The van der Waals surface area contributed by atoms with E-state index < -0.39 is 6.67 Å². The molecule has 0 amide bonds. The number of hydrogen-bond donors (Lipinski definition) is 1. The number of hydrogen-bond acceptors (Lipinski definition) is 1. The van der Waals surface area contributed by atoms with Crippen molar-refractivity contribution < 1.29 is 4.39 Å². The fourth-order valence-electron chi connectivity index (χ4n) is 1.64. The average Bonchev–Trinajstić information content (AvgIpc) is 2.30. The number of anilines is 1. The van der Waals surface area contributed by atoms with E-state index in [1.807, 2.05) is 42.5 Å². The molecule has 1 nitrogen and oxygen atoms in total. The van der Waals surface area contributed by atoms with Crippen LogP contribution in [0.5, 0.6) is 0 Å². The lowest BCUT2D eigenvalue weighted by Gasteiger charge is -2.09. The van der Waals surface area contributed by atoms with Crippen molar-refractivity contribution in [1.29, 1.82) is 0 Å². The molecule has 0 heterocycles. The van der Waals surface area contributed by atoms with Crippen LogP contribution in [0.2, 0.25) is 0 Å². The van der Waals surface area contributed by atoms with Crippen LogP contribution in [-0.4, -0.2) is 0 Å². The number of benzene rings is 2. The van der Waals surface area contributed by atoms with Crippen molar-refractivity contribution in [2.24, 2.45) is 0 Å². The number of halogens is 1. The third-order valence-electron chi connectivity index (χ3n) is 2.43. The first-order valence-electron chi connectivity index (χ1n) is 4.81. The van der Waals surface area contributed by atoms with Gasteiger partial charge in [0.15, 0.2) is 0 Å². The SMILES string of the molecule is Nc1cccc(-c2ccccc2)c1CF. The van der Waals surface area contributed by atoms with Crippen molar-refractivity contribution in [2.45, 2.75) is 6.67 Å². The molecule has 2 aromatic rings. The molecule has 2 aromatic carbocycles. The Morgan fingerprint density at radius 3 is 2.33 bits per heavy atom. The van der Waals surface area contributed by atoms with Crippen LogP contribution in [0.4, 0.5) is 10.1 Å². The molecule has 2 rings (SSSR count). The minimum atomic E-state index is -0.531. The Labute approximate surface area is 88.4 Å². The summed E-state index contributed by atoms with van der Waals surface area (Å²) in [6.07, 6.45) is 0. The van der Waals surface area contributed by atoms with E-state index in [0.29, 0.717) is 11.3 Å². The van der Waals surface area contributed by atoms with E-state index in [-0.39, 0.29) is 0 Å². The average molecular weight is 201 g/mol. The van der Waals surface area contributed by atoms with E-state index in [4.69, 9.17) is 5.73 Å². The Bertz CT molecular complexity index is 451. The van der Waals surface area contributed by atoms with Crippen LogP contribution in [0.25, 0.3) is 11.1 Å². The van der Waals surface area contributed by atoms with E-state index in [9.17, 15) is 4.39 Å². The largest absolute Gasteiger partial charge is 0.398 e. The highest BCUT2D eigenvalue weighted by Gasteiger charge is 2.06. The lowest BCUT2D eigenvalue weighted by Crippen LogP contribution is -1.94. The highest BCUT2D eigenvalue weighted by atomic mass is 19.1. The van der Waals surface area contributed by atoms with Crippen molar-refractivity contribution in [3.8, 4) is 11.1 Å². The number of nitrogen functional groups attached to an aromatic ring is 1. The van der Waals surface area contributed by atoms with Crippen LogP contribution in [-0.2, 0) is 6.67 Å². The van der Waals surface area contributed by atoms with Gasteiger partial charge in [-0.05, 0) is 17.2 Å². The third kappa shape index (κ3) is 1.84. The summed E-state index contributed by atoms with van der Waals surface area (Å²) >= 11 is 0. The van der Waals surface area contributed by atoms with E-state index in [1.165, 1.54) is 0 Å². The lowest BCUT2D eigenvalue weighted by molar-refractivity contribution is 0.487. The van der Waals surface area contributed by atoms with Gasteiger partial charge >= 0.3 is 0 Å². The first kappa shape index (κ1) is 9.71. The van der Waals surface area contributed by atoms with Crippen molar-refractivity contribution in [2.75, 3.05) is 5.73 Å². The molecule has 0 aliphatic rings. The summed E-state index contributed by atoms with van der Waals surface area (Å²) in [7, 11) is 0. The molecule has 2 N–H and O–H groups in total. The molecule has 0 aliphatic carbocycles. The van der Waals surface area contributed by atoms with E-state index in [1.54, 1.807) is 6.07 Å². The second-order valence-electron chi connectivity index (χ2n) is 3.37. The molecular weight excluding hydrogens is 189 g/mol. The Morgan fingerprint density at radius 1 is 0.933 bits per heavy atom. The van der Waals surface area contributed by atoms with E-state index in [2.05, 4.69) is 0 Å². The van der Waals surface area contributed by atoms with Crippen LogP contribution >= 0.6 is 0 Å². The lowest BCUT2D eigenvalue weighted by atomic mass is 9.99. The number of nitrogens with two attached hydrogens (primary N) is 1. The van der Waals surface area contributed by atoms with Crippen LogP contribution in [0.3, 0.4) is 0 Å². The third-order valence-corrected chi connectivity index (χ3v) is 2.43. The Morgan fingerprint density at radius 2 is 1.67 bits per heavy atom. The Kier molecular flexibility index (Phi) is 2.68. The maximum atomic E-state index is 12.9. The number of rotatable bonds is 2. The molecule has 0 spiro atoms. The summed E-state index contributed by atoms with van der Waals surface area (Å²) in [5, 5.41) is 0. The molecule has 0 unspecified atom stereocenters. The Balaban J connectivity index is 2.58.